The van der Waals surface area contributed by atoms with Crippen LogP contribution in [0.3, 0.4) is 0 Å². The van der Waals surface area contributed by atoms with Crippen LogP contribution in [0.2, 0.25) is 0 Å². The largest absolute Gasteiger partial charge is 0.467 e. The van der Waals surface area contributed by atoms with E-state index in [1.165, 1.54) is 31.4 Å². The summed E-state index contributed by atoms with van der Waals surface area (Å²) in [6.45, 7) is 9.35. The molecule has 0 aliphatic rings. The molecule has 0 radical (unpaired) electrons. The molecule has 2 aromatic heterocycles. The predicted octanol–water partition coefficient (Wildman–Crippen LogP) is 1.68. The molecule has 0 saturated heterocycles. The molecule has 1 N–H and O–H groups in total. The van der Waals surface area contributed by atoms with E-state index in [-0.39, 0.29) is 22.4 Å². The summed E-state index contributed by atoms with van der Waals surface area (Å²) >= 11 is 11.8. The smallest absolute Gasteiger partial charge is 0.360 e. The molecule has 0 spiro atoms. The number of alkyl halides is 2. The molecule has 0 aliphatic carbocycles. The summed E-state index contributed by atoms with van der Waals surface area (Å²) in [5, 5.41) is 4.87. The lowest BCUT2D eigenvalue weighted by molar-refractivity contribution is -0.128. The molecule has 2 aromatic rings. The Labute approximate surface area is 226 Å². The molecule has 0 saturated carbocycles. The molecule has 204 valence electrons. The number of halogens is 2. The van der Waals surface area contributed by atoms with Crippen LogP contribution >= 0.6 is 34.5 Å². The molecular formula is C20H25Cl2N5O8S2. The third-order valence-electron chi connectivity index (χ3n) is 4.33. The highest BCUT2D eigenvalue weighted by Gasteiger charge is 2.30. The summed E-state index contributed by atoms with van der Waals surface area (Å²) in [7, 11) is -0.816. The Morgan fingerprint density at radius 3 is 2.24 bits per heavy atom. The maximum absolute atomic E-state index is 12.5. The molecule has 2 heterocycles. The van der Waals surface area contributed by atoms with Crippen LogP contribution < -0.4 is 15.1 Å². The first kappa shape index (κ1) is 31.9. The van der Waals surface area contributed by atoms with Gasteiger partial charge >= 0.3 is 23.7 Å². The van der Waals surface area contributed by atoms with E-state index in [9.17, 15) is 27.6 Å². The maximum Gasteiger partial charge on any atom is 0.360 e. The number of nitrogens with one attached hydrogen (secondary N) is 1. The van der Waals surface area contributed by atoms with Gasteiger partial charge < -0.3 is 14.4 Å². The van der Waals surface area contributed by atoms with E-state index < -0.39 is 37.4 Å². The Hall–Kier alpha value is -3.14. The number of hydrogen-bond donors (Lipinski definition) is 1. The second kappa shape index (κ2) is 14.0. The topological polar surface area (TPSA) is 159 Å². The summed E-state index contributed by atoms with van der Waals surface area (Å²) in [5.74, 6) is -1.19. The zero-order valence-corrected chi connectivity index (χ0v) is 23.4. The van der Waals surface area contributed by atoms with E-state index >= 15 is 0 Å². The molecule has 0 unspecified atom stereocenters. The summed E-state index contributed by atoms with van der Waals surface area (Å²) in [4.78, 5) is 47.3. The number of thiophene rings is 1. The number of hydrogen-bond acceptors (Lipinski definition) is 10. The average Bonchev–Trinajstić information content (AvgIpc) is 3.38. The molecule has 2 amide bonds. The highest BCUT2D eigenvalue weighted by atomic mass is 35.5. The lowest BCUT2D eigenvalue weighted by atomic mass is 10.3. The summed E-state index contributed by atoms with van der Waals surface area (Å²) in [6, 6.07) is -1.50. The number of carbonyl (C=O) groups excluding carboxylic acids is 3. The van der Waals surface area contributed by atoms with Gasteiger partial charge in [0.2, 0.25) is 0 Å². The van der Waals surface area contributed by atoms with Gasteiger partial charge in [0.15, 0.2) is 4.84 Å². The van der Waals surface area contributed by atoms with Gasteiger partial charge in [-0.1, -0.05) is 35.4 Å². The van der Waals surface area contributed by atoms with Crippen molar-refractivity contribution < 1.29 is 32.3 Å². The Morgan fingerprint density at radius 1 is 1.24 bits per heavy atom. The fourth-order valence-electron chi connectivity index (χ4n) is 2.67. The van der Waals surface area contributed by atoms with Crippen molar-refractivity contribution in [1.82, 2.24) is 24.0 Å². The molecule has 37 heavy (non-hydrogen) atoms. The van der Waals surface area contributed by atoms with Gasteiger partial charge in [-0.2, -0.15) is 0 Å². The van der Waals surface area contributed by atoms with Gasteiger partial charge in [-0.3, -0.25) is 4.79 Å². The minimum absolute atomic E-state index is 0.181. The third-order valence-corrected chi connectivity index (χ3v) is 7.25. The molecule has 0 fully saturated rings. The molecular weight excluding hydrogens is 573 g/mol. The zero-order valence-electron chi connectivity index (χ0n) is 20.3. The van der Waals surface area contributed by atoms with Crippen molar-refractivity contribution in [2.75, 3.05) is 27.3 Å². The van der Waals surface area contributed by atoms with Crippen molar-refractivity contribution in [3.63, 3.8) is 0 Å². The lowest BCUT2D eigenvalue weighted by Crippen LogP contribution is -2.40. The number of aromatic nitrogens is 3. The highest BCUT2D eigenvalue weighted by molar-refractivity contribution is 7.90. The summed E-state index contributed by atoms with van der Waals surface area (Å²) < 4.78 is 37.2. The first-order chi connectivity index (χ1) is 17.3. The Kier molecular flexibility index (Phi) is 12.0. The Balaban J connectivity index is 0.000000482. The van der Waals surface area contributed by atoms with E-state index in [0.29, 0.717) is 17.8 Å². The Bertz CT molecular complexity index is 1320. The van der Waals surface area contributed by atoms with Crippen molar-refractivity contribution in [3.05, 3.63) is 51.6 Å². The maximum atomic E-state index is 12.5. The van der Waals surface area contributed by atoms with Gasteiger partial charge in [0, 0.05) is 30.4 Å². The van der Waals surface area contributed by atoms with Crippen molar-refractivity contribution in [3.8, 4) is 6.01 Å². The minimum Gasteiger partial charge on any atom is -0.467 e. The van der Waals surface area contributed by atoms with Crippen LogP contribution in [-0.2, 0) is 26.6 Å². The number of aryl methyl sites for hydroxylation is 1. The second-order valence-electron chi connectivity index (χ2n) is 6.80. The van der Waals surface area contributed by atoms with Gasteiger partial charge in [-0.25, -0.2) is 32.1 Å². The number of sulfonamides is 1. The van der Waals surface area contributed by atoms with Gasteiger partial charge in [0.05, 0.1) is 19.8 Å². The van der Waals surface area contributed by atoms with Gasteiger partial charge in [0.25, 0.3) is 15.9 Å². The molecule has 17 heteroatoms. The van der Waals surface area contributed by atoms with Gasteiger partial charge in [0.1, 0.15) is 4.90 Å². The normalized spacial score (nSPS) is 10.7. The predicted molar refractivity (Wildman–Crippen MR) is 138 cm³/mol. The molecule has 0 aliphatic heterocycles. The van der Waals surface area contributed by atoms with Gasteiger partial charge in [-0.15, -0.1) is 34.3 Å². The first-order valence-corrected chi connectivity index (χ1v) is 13.2. The van der Waals surface area contributed by atoms with E-state index in [2.05, 4.69) is 23.0 Å². The fraction of sp³-hybridized carbons (Fsp3) is 0.350. The standard InChI is InChI=1S/C12H14N4O7S2.C8H11Cl2NO/c1-6-8(7(5-24-6)9(17)22-3)25(20,21)14-10(18)16-12(19)15(2)11(13-16)23-4;1-3-5-11(6-4-2)8(12)7(9)10/h5H,1-4H3,(H,14,18);3-4,7H,1-2,5-6H2. The van der Waals surface area contributed by atoms with E-state index in [0.717, 1.165) is 23.0 Å². The number of amides is 2. The SMILES string of the molecule is C=CCN(CC=C)C(=O)C(Cl)Cl.COC(=O)c1csc(C)c1S(=O)(=O)NC(=O)n1nc(OC)n(C)c1=O. The number of ether oxygens (including phenoxy) is 2. The third kappa shape index (κ3) is 7.92. The van der Waals surface area contributed by atoms with Crippen LogP contribution in [0.4, 0.5) is 4.79 Å². The number of rotatable bonds is 9. The van der Waals surface area contributed by atoms with Crippen LogP contribution in [-0.4, -0.2) is 77.7 Å². The summed E-state index contributed by atoms with van der Waals surface area (Å²) in [6.07, 6.45) is 3.22. The Morgan fingerprint density at radius 2 is 1.81 bits per heavy atom. The van der Waals surface area contributed by atoms with Crippen LogP contribution in [0.25, 0.3) is 0 Å². The van der Waals surface area contributed by atoms with Crippen molar-refractivity contribution in [2.24, 2.45) is 7.05 Å². The zero-order chi connectivity index (χ0) is 28.5. The first-order valence-electron chi connectivity index (χ1n) is 9.99. The molecule has 0 aromatic carbocycles. The van der Waals surface area contributed by atoms with E-state index in [4.69, 9.17) is 27.9 Å². The van der Waals surface area contributed by atoms with Crippen LogP contribution in [0, 0.1) is 6.92 Å². The quantitative estimate of drug-likeness (QED) is 0.258. The monoisotopic (exact) mass is 597 g/mol. The highest BCUT2D eigenvalue weighted by Crippen LogP contribution is 2.27. The number of methoxy groups -OCH3 is 2. The van der Waals surface area contributed by atoms with Crippen LogP contribution in [0.15, 0.2) is 40.4 Å². The fourth-order valence-corrected chi connectivity index (χ4v) is 5.45. The molecule has 2 rings (SSSR count). The van der Waals surface area contributed by atoms with E-state index in [1.807, 2.05) is 0 Å². The van der Waals surface area contributed by atoms with Crippen molar-refractivity contribution >= 4 is 62.5 Å². The second-order valence-corrected chi connectivity index (χ2v) is 10.6. The van der Waals surface area contributed by atoms with Crippen LogP contribution in [0.1, 0.15) is 15.2 Å². The molecule has 0 atom stereocenters. The van der Waals surface area contributed by atoms with E-state index in [1.54, 1.807) is 16.9 Å². The lowest BCUT2D eigenvalue weighted by Gasteiger charge is -2.19. The molecule has 0 bridgehead atoms. The minimum atomic E-state index is -4.45. The number of esters is 1. The number of carbonyl (C=O) groups is 3. The van der Waals surface area contributed by atoms with Gasteiger partial charge in [-0.05, 0) is 6.92 Å². The van der Waals surface area contributed by atoms with Crippen molar-refractivity contribution in [1.29, 1.82) is 0 Å². The average molecular weight is 598 g/mol. The number of nitrogens with zero attached hydrogens (tertiary/aromatic N) is 4. The van der Waals surface area contributed by atoms with Crippen molar-refractivity contribution in [2.45, 2.75) is 16.7 Å². The molecule has 13 nitrogen and oxygen atoms in total. The summed E-state index contributed by atoms with van der Waals surface area (Å²) in [5.41, 5.74) is -1.11. The van der Waals surface area contributed by atoms with Crippen LogP contribution in [0.5, 0.6) is 6.01 Å².